The van der Waals surface area contributed by atoms with E-state index in [4.69, 9.17) is 18.9 Å². The zero-order chi connectivity index (χ0) is 45.1. The molecule has 2 aromatic carbocycles. The first-order valence-electron chi connectivity index (χ1n) is 22.2. The van der Waals surface area contributed by atoms with Crippen LogP contribution in [0.15, 0.2) is 48.5 Å². The van der Waals surface area contributed by atoms with E-state index >= 15 is 8.78 Å². The summed E-state index contributed by atoms with van der Waals surface area (Å²) in [5.74, 6) is -1.37. The van der Waals surface area contributed by atoms with Gasteiger partial charge in [0.25, 0.3) is 0 Å². The minimum Gasteiger partial charge on any atom is -0.453 e. The largest absolute Gasteiger partial charge is 0.453 e. The van der Waals surface area contributed by atoms with Gasteiger partial charge in [0.05, 0.1) is 26.3 Å². The number of rotatable bonds is 11. The van der Waals surface area contributed by atoms with Crippen LogP contribution in [0, 0.1) is 23.7 Å². The van der Waals surface area contributed by atoms with Gasteiger partial charge in [-0.05, 0) is 88.2 Å². The molecule has 0 bridgehead atoms. The van der Waals surface area contributed by atoms with Crippen molar-refractivity contribution in [2.75, 3.05) is 40.6 Å². The number of halogens is 2. The quantitative estimate of drug-likeness (QED) is 0.124. The zero-order valence-corrected chi connectivity index (χ0v) is 36.5. The standard InChI is InChI=1S/C46H56F2N8O8/c1-25-5-15-33(55(25)43(57)37(51-45(59)61-3)31-17-21-63-22-18-31)41-49-35(39(47)53-41)29-11-7-27(8-12-29)28-9-13-30(14-10-28)36-40(48)54-42(50-36)34-16-6-26(2)56(34)44(58)38(52-46(60)62-4)32-19-23-64-24-20-32/h7-14,25-26,31-34,37-38H,5-6,15-24H2,1-4H3,(H,49,53)(H,50,54)(H,51,59)(H,52,60)/t25-,26-,33-,34-,37-,38?/m0/s1. The smallest absolute Gasteiger partial charge is 0.407 e. The van der Waals surface area contributed by atoms with E-state index in [9.17, 15) is 19.2 Å². The average molecular weight is 887 g/mol. The van der Waals surface area contributed by atoms with Crippen LogP contribution in [0.25, 0.3) is 33.6 Å². The fourth-order valence-corrected chi connectivity index (χ4v) is 9.88. The summed E-state index contributed by atoms with van der Waals surface area (Å²) in [6.07, 6.45) is 3.57. The van der Waals surface area contributed by atoms with Crippen LogP contribution in [0.5, 0.6) is 0 Å². The van der Waals surface area contributed by atoms with Crippen molar-refractivity contribution in [1.82, 2.24) is 40.4 Å². The topological polar surface area (TPSA) is 193 Å². The highest BCUT2D eigenvalue weighted by Crippen LogP contribution is 2.40. The van der Waals surface area contributed by atoms with Gasteiger partial charge < -0.3 is 49.3 Å². The van der Waals surface area contributed by atoms with E-state index in [1.807, 2.05) is 38.1 Å². The highest BCUT2D eigenvalue weighted by molar-refractivity contribution is 5.87. The Morgan fingerprint density at radius 2 is 0.938 bits per heavy atom. The van der Waals surface area contributed by atoms with Crippen LogP contribution in [0.4, 0.5) is 18.4 Å². The van der Waals surface area contributed by atoms with Crippen molar-refractivity contribution < 1.29 is 46.9 Å². The Morgan fingerprint density at radius 1 is 0.594 bits per heavy atom. The predicted molar refractivity (Wildman–Crippen MR) is 229 cm³/mol. The van der Waals surface area contributed by atoms with Crippen molar-refractivity contribution in [3.05, 3.63) is 72.1 Å². The van der Waals surface area contributed by atoms with Crippen LogP contribution in [0.3, 0.4) is 0 Å². The summed E-state index contributed by atoms with van der Waals surface area (Å²) in [4.78, 5) is 71.4. The van der Waals surface area contributed by atoms with Crippen LogP contribution in [0.1, 0.15) is 88.9 Å². The maximum absolute atomic E-state index is 15.7. The highest BCUT2D eigenvalue weighted by Gasteiger charge is 2.45. The second-order valence-electron chi connectivity index (χ2n) is 17.2. The van der Waals surface area contributed by atoms with E-state index in [1.165, 1.54) is 14.2 Å². The molecule has 2 aromatic heterocycles. The summed E-state index contributed by atoms with van der Waals surface area (Å²) >= 11 is 0. The third kappa shape index (κ3) is 9.20. The molecule has 342 valence electrons. The molecule has 4 saturated heterocycles. The molecule has 16 nitrogen and oxygen atoms in total. The number of alkyl carbamates (subject to hydrolysis) is 2. The lowest BCUT2D eigenvalue weighted by molar-refractivity contribution is -0.139. The van der Waals surface area contributed by atoms with Gasteiger partial charge in [0.2, 0.25) is 23.7 Å². The van der Waals surface area contributed by atoms with E-state index < -0.39 is 48.2 Å². The Balaban J connectivity index is 0.961. The van der Waals surface area contributed by atoms with Crippen LogP contribution in [-0.2, 0) is 28.5 Å². The van der Waals surface area contributed by atoms with Gasteiger partial charge in [0.1, 0.15) is 35.1 Å². The first kappa shape index (κ1) is 44.7. The van der Waals surface area contributed by atoms with E-state index in [1.54, 1.807) is 34.1 Å². The minimum absolute atomic E-state index is 0.123. The number of carbonyl (C=O) groups excluding carboxylic acids is 4. The van der Waals surface area contributed by atoms with Crippen LogP contribution in [-0.4, -0.2) is 119 Å². The second kappa shape index (κ2) is 19.5. The maximum Gasteiger partial charge on any atom is 0.407 e. The predicted octanol–water partition coefficient (Wildman–Crippen LogP) is 6.82. The third-order valence-corrected chi connectivity index (χ3v) is 13.4. The number of nitrogens with zero attached hydrogens (tertiary/aromatic N) is 4. The number of nitrogens with one attached hydrogen (secondary N) is 4. The first-order valence-corrected chi connectivity index (χ1v) is 22.2. The number of benzene rings is 2. The Morgan fingerprint density at radius 3 is 1.28 bits per heavy atom. The van der Waals surface area contributed by atoms with Gasteiger partial charge in [0.15, 0.2) is 0 Å². The summed E-state index contributed by atoms with van der Waals surface area (Å²) in [7, 11) is 2.52. The summed E-state index contributed by atoms with van der Waals surface area (Å²) in [6, 6.07) is 11.5. The lowest BCUT2D eigenvalue weighted by Gasteiger charge is -2.36. The van der Waals surface area contributed by atoms with Gasteiger partial charge in [-0.1, -0.05) is 48.5 Å². The monoisotopic (exact) mass is 886 g/mol. The normalized spacial score (nSPS) is 22.8. The first-order chi connectivity index (χ1) is 30.9. The van der Waals surface area contributed by atoms with Crippen molar-refractivity contribution in [2.45, 2.75) is 101 Å². The molecule has 8 rings (SSSR count). The number of ether oxygens (including phenoxy) is 4. The molecule has 64 heavy (non-hydrogen) atoms. The maximum atomic E-state index is 15.7. The molecule has 6 heterocycles. The molecule has 18 heteroatoms. The lowest BCUT2D eigenvalue weighted by Crippen LogP contribution is -2.54. The van der Waals surface area contributed by atoms with E-state index in [-0.39, 0.29) is 47.1 Å². The molecule has 0 radical (unpaired) electrons. The second-order valence-corrected chi connectivity index (χ2v) is 17.2. The van der Waals surface area contributed by atoms with Crippen molar-refractivity contribution in [3.63, 3.8) is 0 Å². The molecule has 4 aliphatic rings. The molecule has 4 aromatic rings. The molecule has 0 aliphatic carbocycles. The third-order valence-electron chi connectivity index (χ3n) is 13.4. The molecule has 6 atom stereocenters. The molecular weight excluding hydrogens is 831 g/mol. The number of hydrogen-bond donors (Lipinski definition) is 4. The molecular formula is C46H56F2N8O8. The van der Waals surface area contributed by atoms with Gasteiger partial charge in [-0.3, -0.25) is 9.59 Å². The number of aromatic nitrogens is 4. The summed E-state index contributed by atoms with van der Waals surface area (Å²) in [6.45, 7) is 5.84. The Bertz CT molecular complexity index is 2130. The SMILES string of the molecule is COC(=O)NC(C(=O)N1[C@@H](C)CC[C@H]1c1nc(-c2ccc(-c3ccc(-c4nc([C@@H]5CC[C@H](C)N5C(=O)[C@@H](NC(=O)OC)C5CCOCC5)[nH]c4F)cc3)cc2)c(F)[nH]1)C1CCOCC1. The Hall–Kier alpha value is -5.88. The van der Waals surface area contributed by atoms with Gasteiger partial charge >= 0.3 is 12.2 Å². The minimum atomic E-state index is -0.820. The van der Waals surface area contributed by atoms with Crippen molar-refractivity contribution >= 4 is 24.0 Å². The Labute approximate surface area is 370 Å². The zero-order valence-electron chi connectivity index (χ0n) is 36.5. The van der Waals surface area contributed by atoms with Gasteiger partial charge in [0, 0.05) is 49.6 Å². The molecule has 0 saturated carbocycles. The Kier molecular flexibility index (Phi) is 13.6. The summed E-state index contributed by atoms with van der Waals surface area (Å²) in [5.41, 5.74) is 2.99. The summed E-state index contributed by atoms with van der Waals surface area (Å²) < 4.78 is 52.0. The van der Waals surface area contributed by atoms with E-state index in [0.29, 0.717) is 101 Å². The molecule has 4 amide bonds. The number of likely N-dealkylation sites (tertiary alicyclic amines) is 2. The van der Waals surface area contributed by atoms with Crippen LogP contribution < -0.4 is 10.6 Å². The highest BCUT2D eigenvalue weighted by atomic mass is 19.1. The van der Waals surface area contributed by atoms with E-state index in [0.717, 1.165) is 11.1 Å². The fourth-order valence-electron chi connectivity index (χ4n) is 9.88. The molecule has 1 unspecified atom stereocenters. The molecule has 4 N–H and O–H groups in total. The number of methoxy groups -OCH3 is 2. The van der Waals surface area contributed by atoms with Crippen molar-refractivity contribution in [3.8, 4) is 33.6 Å². The number of hydrogen-bond acceptors (Lipinski definition) is 10. The number of amides is 4. The van der Waals surface area contributed by atoms with Crippen LogP contribution in [0.2, 0.25) is 0 Å². The average Bonchev–Trinajstić information content (AvgIpc) is 4.12. The fraction of sp³-hybridized carbons (Fsp3) is 0.522. The van der Waals surface area contributed by atoms with Gasteiger partial charge in [-0.2, -0.15) is 8.78 Å². The molecule has 4 aliphatic heterocycles. The number of H-pyrrole nitrogens is 2. The van der Waals surface area contributed by atoms with Crippen molar-refractivity contribution in [2.24, 2.45) is 11.8 Å². The number of imidazole rings is 2. The molecule has 0 spiro atoms. The van der Waals surface area contributed by atoms with Gasteiger partial charge in [-0.15, -0.1) is 0 Å². The van der Waals surface area contributed by atoms with Crippen molar-refractivity contribution in [1.29, 1.82) is 0 Å². The van der Waals surface area contributed by atoms with Crippen LogP contribution >= 0.6 is 0 Å². The van der Waals surface area contributed by atoms with Gasteiger partial charge in [-0.25, -0.2) is 19.6 Å². The molecule has 4 fully saturated rings. The number of carbonyl (C=O) groups is 4. The number of aromatic amines is 2. The lowest BCUT2D eigenvalue weighted by atomic mass is 9.90. The van der Waals surface area contributed by atoms with E-state index in [2.05, 4.69) is 30.6 Å². The summed E-state index contributed by atoms with van der Waals surface area (Å²) in [5, 5.41) is 5.51.